The van der Waals surface area contributed by atoms with Crippen LogP contribution < -0.4 is 5.11 Å². The van der Waals surface area contributed by atoms with E-state index >= 15 is 0 Å². The molecule has 9 heteroatoms. The van der Waals surface area contributed by atoms with Crippen molar-refractivity contribution in [3.8, 4) is 0 Å². The van der Waals surface area contributed by atoms with Gasteiger partial charge in [-0.15, -0.1) is 0 Å². The fourth-order valence-electron chi connectivity index (χ4n) is 5.40. The van der Waals surface area contributed by atoms with Crippen LogP contribution in [0.3, 0.4) is 0 Å². The second kappa shape index (κ2) is 37.9. The third-order valence-corrected chi connectivity index (χ3v) is 8.75. The molecule has 316 valence electrons. The first-order valence-corrected chi connectivity index (χ1v) is 21.4. The van der Waals surface area contributed by atoms with Crippen LogP contribution in [0.15, 0.2) is 60.8 Å². The Morgan fingerprint density at radius 1 is 0.564 bits per heavy atom. The highest BCUT2D eigenvalue weighted by Crippen LogP contribution is 2.12. The molecule has 0 rings (SSSR count). The Kier molecular flexibility index (Phi) is 35.8. The molecule has 9 nitrogen and oxygen atoms in total. The third kappa shape index (κ3) is 39.0. The molecule has 0 aromatic heterocycles. The van der Waals surface area contributed by atoms with Gasteiger partial charge in [0.1, 0.15) is 13.2 Å². The Morgan fingerprint density at radius 2 is 1.04 bits per heavy atom. The maximum Gasteiger partial charge on any atom is 0.306 e. The van der Waals surface area contributed by atoms with E-state index in [1.54, 1.807) is 0 Å². The number of aliphatic carboxylic acids is 1. The fourth-order valence-corrected chi connectivity index (χ4v) is 5.40. The number of hydrogen-bond acceptors (Lipinski definition) is 8. The predicted molar refractivity (Wildman–Crippen MR) is 223 cm³/mol. The average Bonchev–Trinajstić information content (AvgIpc) is 3.14. The standard InChI is InChI=1S/C46H79NO8/c1-6-8-10-12-14-16-18-20-21-22-23-25-27-29-31-33-35-37-44(49)55-42(41-54-46(45(50)51)52-39-38-47(3,4)5)40-53-43(48)36-34-32-30-28-26-24-19-17-15-13-11-9-7-2/h8,10,14,16-17,19-21,23,25,42,46H,6-7,9,11-13,15,18,22,24,26-41H2,1-5H3/b10-8-,16-14-,19-17-,21-20-,25-23-. The number of carboxylic acid groups (broad SMARTS) is 1. The lowest BCUT2D eigenvalue weighted by Crippen LogP contribution is -2.44. The zero-order valence-electron chi connectivity index (χ0n) is 35.5. The van der Waals surface area contributed by atoms with Crippen LogP contribution in [0.2, 0.25) is 0 Å². The summed E-state index contributed by atoms with van der Waals surface area (Å²) in [6, 6.07) is 0. The normalized spacial score (nSPS) is 13.5. The zero-order chi connectivity index (χ0) is 40.7. The number of quaternary nitrogens is 1. The van der Waals surface area contributed by atoms with Crippen LogP contribution in [-0.4, -0.2) is 82.3 Å². The number of nitrogens with zero attached hydrogens (tertiary/aromatic N) is 1. The number of hydrogen-bond donors (Lipinski definition) is 0. The van der Waals surface area contributed by atoms with Gasteiger partial charge in [-0.3, -0.25) is 9.59 Å². The number of rotatable bonds is 38. The van der Waals surface area contributed by atoms with E-state index in [1.807, 2.05) is 21.1 Å². The number of esters is 2. The number of likely N-dealkylation sites (N-methyl/N-ethyl adjacent to an activating group) is 1. The summed E-state index contributed by atoms with van der Waals surface area (Å²) in [7, 11) is 5.89. The lowest BCUT2D eigenvalue weighted by Gasteiger charge is -2.26. The minimum atomic E-state index is -1.63. The molecular weight excluding hydrogens is 695 g/mol. The maximum atomic E-state index is 12.7. The molecule has 0 aromatic carbocycles. The van der Waals surface area contributed by atoms with Gasteiger partial charge in [-0.25, -0.2) is 0 Å². The molecule has 0 bridgehead atoms. The molecule has 2 unspecified atom stereocenters. The fraction of sp³-hybridized carbons (Fsp3) is 0.717. The van der Waals surface area contributed by atoms with Gasteiger partial charge in [-0.05, 0) is 77.0 Å². The summed E-state index contributed by atoms with van der Waals surface area (Å²) in [5, 5.41) is 11.7. The molecule has 0 amide bonds. The predicted octanol–water partition coefficient (Wildman–Crippen LogP) is 9.66. The lowest BCUT2D eigenvalue weighted by atomic mass is 10.1. The van der Waals surface area contributed by atoms with Gasteiger partial charge in [0, 0.05) is 12.8 Å². The first kappa shape index (κ1) is 52.0. The van der Waals surface area contributed by atoms with Crippen molar-refractivity contribution in [2.24, 2.45) is 0 Å². The molecule has 0 radical (unpaired) electrons. The van der Waals surface area contributed by atoms with Gasteiger partial charge in [0.25, 0.3) is 0 Å². The van der Waals surface area contributed by atoms with Crippen LogP contribution in [0.4, 0.5) is 0 Å². The summed E-state index contributed by atoms with van der Waals surface area (Å²) in [6.07, 6.45) is 41.0. The molecule has 0 heterocycles. The molecule has 0 aromatic rings. The van der Waals surface area contributed by atoms with E-state index in [4.69, 9.17) is 18.9 Å². The molecule has 0 aliphatic heterocycles. The lowest BCUT2D eigenvalue weighted by molar-refractivity contribution is -0.870. The van der Waals surface area contributed by atoms with E-state index in [0.717, 1.165) is 89.9 Å². The Hall–Kier alpha value is -3.01. The SMILES string of the molecule is CC/C=C\C/C=C\C/C=C\C/C=C\CCCCCCC(=O)OC(COC(=O)CCCCCCC/C=C\CCCCCC)COC(OCC[N+](C)(C)C)C(=O)[O-]. The minimum absolute atomic E-state index is 0.139. The first-order chi connectivity index (χ1) is 26.6. The molecule has 2 atom stereocenters. The van der Waals surface area contributed by atoms with Crippen LogP contribution in [0.1, 0.15) is 155 Å². The first-order valence-electron chi connectivity index (χ1n) is 21.4. The van der Waals surface area contributed by atoms with Crippen LogP contribution in [0.5, 0.6) is 0 Å². The summed E-state index contributed by atoms with van der Waals surface area (Å²) in [5.74, 6) is -2.34. The Morgan fingerprint density at radius 3 is 1.56 bits per heavy atom. The van der Waals surface area contributed by atoms with Crippen molar-refractivity contribution in [2.45, 2.75) is 167 Å². The summed E-state index contributed by atoms with van der Waals surface area (Å²) in [5.41, 5.74) is 0. The van der Waals surface area contributed by atoms with Gasteiger partial charge in [0.2, 0.25) is 0 Å². The van der Waals surface area contributed by atoms with Gasteiger partial charge in [0.15, 0.2) is 12.4 Å². The van der Waals surface area contributed by atoms with E-state index in [1.165, 1.54) is 32.1 Å². The summed E-state index contributed by atoms with van der Waals surface area (Å²) < 4.78 is 22.5. The highest BCUT2D eigenvalue weighted by molar-refractivity contribution is 5.70. The number of carbonyl (C=O) groups excluding carboxylic acids is 3. The highest BCUT2D eigenvalue weighted by Gasteiger charge is 2.21. The summed E-state index contributed by atoms with van der Waals surface area (Å²) in [4.78, 5) is 36.9. The van der Waals surface area contributed by atoms with E-state index in [-0.39, 0.29) is 38.6 Å². The van der Waals surface area contributed by atoms with Crippen LogP contribution in [-0.2, 0) is 33.3 Å². The van der Waals surface area contributed by atoms with E-state index < -0.39 is 24.3 Å². The maximum absolute atomic E-state index is 12.7. The Balaban J connectivity index is 4.54. The summed E-state index contributed by atoms with van der Waals surface area (Å²) in [6.45, 7) is 4.55. The van der Waals surface area contributed by atoms with Crippen molar-refractivity contribution in [1.82, 2.24) is 0 Å². The number of ether oxygens (including phenoxy) is 4. The molecule has 0 fully saturated rings. The smallest absolute Gasteiger partial charge is 0.306 e. The quantitative estimate of drug-likeness (QED) is 0.0201. The second-order valence-electron chi connectivity index (χ2n) is 15.2. The topological polar surface area (TPSA) is 111 Å². The molecule has 0 aliphatic carbocycles. The van der Waals surface area contributed by atoms with E-state index in [0.29, 0.717) is 17.4 Å². The van der Waals surface area contributed by atoms with Gasteiger partial charge < -0.3 is 33.3 Å². The Bertz CT molecular complexity index is 1090. The molecule has 0 saturated heterocycles. The molecule has 0 aliphatic rings. The van der Waals surface area contributed by atoms with Gasteiger partial charge in [0.05, 0.1) is 40.3 Å². The Labute approximate surface area is 335 Å². The van der Waals surface area contributed by atoms with Crippen molar-refractivity contribution in [3.05, 3.63) is 60.8 Å². The number of carbonyl (C=O) groups is 3. The minimum Gasteiger partial charge on any atom is -0.545 e. The van der Waals surface area contributed by atoms with E-state index in [2.05, 4.69) is 74.6 Å². The second-order valence-corrected chi connectivity index (χ2v) is 15.2. The number of allylic oxidation sites excluding steroid dienone is 10. The molecule has 0 N–H and O–H groups in total. The van der Waals surface area contributed by atoms with Gasteiger partial charge in [-0.2, -0.15) is 0 Å². The van der Waals surface area contributed by atoms with Crippen molar-refractivity contribution < 1.29 is 42.9 Å². The molecular formula is C46H79NO8. The van der Waals surface area contributed by atoms with Gasteiger partial charge >= 0.3 is 11.9 Å². The summed E-state index contributed by atoms with van der Waals surface area (Å²) >= 11 is 0. The molecule has 0 saturated carbocycles. The van der Waals surface area contributed by atoms with Crippen molar-refractivity contribution in [1.29, 1.82) is 0 Å². The number of unbranched alkanes of at least 4 members (excludes halogenated alkanes) is 13. The zero-order valence-corrected chi connectivity index (χ0v) is 35.5. The average molecular weight is 774 g/mol. The monoisotopic (exact) mass is 774 g/mol. The molecule has 0 spiro atoms. The van der Waals surface area contributed by atoms with Crippen molar-refractivity contribution >= 4 is 17.9 Å². The molecule has 55 heavy (non-hydrogen) atoms. The van der Waals surface area contributed by atoms with Crippen LogP contribution in [0.25, 0.3) is 0 Å². The van der Waals surface area contributed by atoms with Crippen molar-refractivity contribution in [3.63, 3.8) is 0 Å². The third-order valence-electron chi connectivity index (χ3n) is 8.75. The van der Waals surface area contributed by atoms with Crippen LogP contribution in [0, 0.1) is 0 Å². The number of carboxylic acids is 1. The highest BCUT2D eigenvalue weighted by atomic mass is 16.7. The van der Waals surface area contributed by atoms with Gasteiger partial charge in [-0.1, -0.05) is 126 Å². The van der Waals surface area contributed by atoms with E-state index in [9.17, 15) is 19.5 Å². The van der Waals surface area contributed by atoms with Crippen LogP contribution >= 0.6 is 0 Å². The largest absolute Gasteiger partial charge is 0.545 e. The van der Waals surface area contributed by atoms with Crippen molar-refractivity contribution in [2.75, 3.05) is 47.5 Å².